The molecule has 7 heteroatoms. The summed E-state index contributed by atoms with van der Waals surface area (Å²) in [6, 6.07) is 6.63. The third-order valence-corrected chi connectivity index (χ3v) is 4.14. The Balaban J connectivity index is 1.82. The quantitative estimate of drug-likeness (QED) is 0.854. The number of carboxylic acid groups (broad SMARTS) is 1. The minimum absolute atomic E-state index is 0.202. The maximum absolute atomic E-state index is 12.1. The number of aliphatic carboxylic acids is 1. The van der Waals surface area contributed by atoms with E-state index in [9.17, 15) is 18.0 Å². The monoisotopic (exact) mass is 345 g/mol. The molecule has 1 aliphatic rings. The first-order chi connectivity index (χ1) is 11.3. The van der Waals surface area contributed by atoms with E-state index in [1.807, 2.05) is 0 Å². The van der Waals surface area contributed by atoms with Crippen molar-refractivity contribution in [3.8, 4) is 5.75 Å². The van der Waals surface area contributed by atoms with Crippen molar-refractivity contribution < 1.29 is 27.8 Å². The number of likely N-dealkylation sites (tertiary alicyclic amines) is 1. The van der Waals surface area contributed by atoms with Crippen LogP contribution in [0.2, 0.25) is 0 Å². The van der Waals surface area contributed by atoms with Gasteiger partial charge in [0.15, 0.2) is 6.61 Å². The van der Waals surface area contributed by atoms with Gasteiger partial charge in [0.2, 0.25) is 0 Å². The number of halogens is 3. The molecule has 2 rings (SSSR count). The molecule has 1 fully saturated rings. The van der Waals surface area contributed by atoms with Gasteiger partial charge in [-0.1, -0.05) is 12.1 Å². The van der Waals surface area contributed by atoms with E-state index < -0.39 is 18.8 Å². The number of benzene rings is 1. The van der Waals surface area contributed by atoms with Crippen molar-refractivity contribution in [2.75, 3.05) is 19.7 Å². The van der Waals surface area contributed by atoms with E-state index in [1.54, 1.807) is 24.3 Å². The fraction of sp³-hybridized carbons (Fsp3) is 0.588. The Hall–Kier alpha value is -1.76. The zero-order valence-electron chi connectivity index (χ0n) is 13.4. The number of hydrogen-bond donors (Lipinski definition) is 1. The lowest BCUT2D eigenvalue weighted by Gasteiger charge is -2.20. The number of carboxylic acids is 1. The molecule has 1 aliphatic heterocycles. The van der Waals surface area contributed by atoms with Crippen LogP contribution in [0.25, 0.3) is 0 Å². The van der Waals surface area contributed by atoms with Crippen LogP contribution in [0, 0.1) is 5.92 Å². The van der Waals surface area contributed by atoms with Crippen molar-refractivity contribution in [2.45, 2.75) is 38.4 Å². The number of alkyl halides is 3. The Morgan fingerprint density at radius 1 is 1.21 bits per heavy atom. The van der Waals surface area contributed by atoms with Gasteiger partial charge in [0.25, 0.3) is 0 Å². The smallest absolute Gasteiger partial charge is 0.422 e. The number of carbonyl (C=O) groups is 1. The highest BCUT2D eigenvalue weighted by molar-refractivity contribution is 5.67. The summed E-state index contributed by atoms with van der Waals surface area (Å²) in [5, 5.41) is 8.88. The van der Waals surface area contributed by atoms with Crippen LogP contribution in [0.5, 0.6) is 5.75 Å². The molecule has 4 nitrogen and oxygen atoms in total. The summed E-state index contributed by atoms with van der Waals surface area (Å²) in [4.78, 5) is 13.1. The summed E-state index contributed by atoms with van der Waals surface area (Å²) in [6.45, 7) is 1.16. The molecule has 0 saturated carbocycles. The predicted octanol–water partition coefficient (Wildman–Crippen LogP) is 3.70. The van der Waals surface area contributed by atoms with E-state index in [2.05, 4.69) is 4.90 Å². The van der Waals surface area contributed by atoms with Crippen molar-refractivity contribution in [2.24, 2.45) is 5.92 Å². The zero-order chi connectivity index (χ0) is 17.6. The summed E-state index contributed by atoms with van der Waals surface area (Å²) in [7, 11) is 0. The second kappa shape index (κ2) is 8.37. The van der Waals surface area contributed by atoms with Gasteiger partial charge in [-0.15, -0.1) is 0 Å². The Labute approximate surface area is 139 Å². The Morgan fingerprint density at radius 3 is 2.54 bits per heavy atom. The van der Waals surface area contributed by atoms with E-state index >= 15 is 0 Å². The zero-order valence-corrected chi connectivity index (χ0v) is 13.4. The highest BCUT2D eigenvalue weighted by Crippen LogP contribution is 2.23. The minimum atomic E-state index is -4.34. The second-order valence-electron chi connectivity index (χ2n) is 6.22. The average molecular weight is 345 g/mol. The summed E-state index contributed by atoms with van der Waals surface area (Å²) < 4.78 is 41.0. The molecular weight excluding hydrogens is 323 g/mol. The number of rotatable bonds is 6. The van der Waals surface area contributed by atoms with Crippen LogP contribution in [0.3, 0.4) is 0 Å². The molecule has 1 aromatic rings. The van der Waals surface area contributed by atoms with Crippen molar-refractivity contribution in [3.63, 3.8) is 0 Å². The molecule has 0 radical (unpaired) electrons. The molecule has 1 aromatic carbocycles. The molecule has 0 spiro atoms. The first kappa shape index (κ1) is 18.6. The number of hydrogen-bond acceptors (Lipinski definition) is 3. The molecule has 0 amide bonds. The first-order valence-corrected chi connectivity index (χ1v) is 8.04. The van der Waals surface area contributed by atoms with Gasteiger partial charge in [0.1, 0.15) is 5.75 Å². The van der Waals surface area contributed by atoms with Gasteiger partial charge < -0.3 is 9.84 Å². The topological polar surface area (TPSA) is 49.8 Å². The van der Waals surface area contributed by atoms with Crippen molar-refractivity contribution in [1.29, 1.82) is 0 Å². The fourth-order valence-electron chi connectivity index (χ4n) is 2.95. The Morgan fingerprint density at radius 2 is 1.92 bits per heavy atom. The van der Waals surface area contributed by atoms with E-state index in [0.29, 0.717) is 6.54 Å². The first-order valence-electron chi connectivity index (χ1n) is 8.04. The minimum Gasteiger partial charge on any atom is -0.484 e. The van der Waals surface area contributed by atoms with Gasteiger partial charge >= 0.3 is 12.1 Å². The lowest BCUT2D eigenvalue weighted by molar-refractivity contribution is -0.153. The van der Waals surface area contributed by atoms with Crippen LogP contribution in [0.4, 0.5) is 13.2 Å². The molecule has 1 saturated heterocycles. The van der Waals surface area contributed by atoms with Crippen molar-refractivity contribution >= 4 is 5.97 Å². The van der Waals surface area contributed by atoms with Gasteiger partial charge in [-0.3, -0.25) is 9.69 Å². The van der Waals surface area contributed by atoms with Crippen LogP contribution < -0.4 is 4.74 Å². The predicted molar refractivity (Wildman–Crippen MR) is 82.9 cm³/mol. The van der Waals surface area contributed by atoms with E-state index in [1.165, 1.54) is 0 Å². The molecule has 0 aromatic heterocycles. The Bertz CT molecular complexity index is 531. The maximum Gasteiger partial charge on any atom is 0.422 e. The van der Waals surface area contributed by atoms with Crippen LogP contribution >= 0.6 is 0 Å². The summed E-state index contributed by atoms with van der Waals surface area (Å²) in [5.41, 5.74) is 1.01. The third-order valence-electron chi connectivity index (χ3n) is 4.14. The van der Waals surface area contributed by atoms with E-state index in [4.69, 9.17) is 9.84 Å². The van der Waals surface area contributed by atoms with Gasteiger partial charge in [-0.05, 0) is 56.0 Å². The van der Waals surface area contributed by atoms with Crippen LogP contribution in [0.1, 0.15) is 31.2 Å². The highest BCUT2D eigenvalue weighted by Gasteiger charge is 2.28. The average Bonchev–Trinajstić information content (AvgIpc) is 2.71. The molecular formula is C17H22F3NO3. The third kappa shape index (κ3) is 6.78. The van der Waals surface area contributed by atoms with Gasteiger partial charge in [0, 0.05) is 13.0 Å². The van der Waals surface area contributed by atoms with Crippen molar-refractivity contribution in [3.05, 3.63) is 29.8 Å². The van der Waals surface area contributed by atoms with Gasteiger partial charge in [-0.25, -0.2) is 0 Å². The van der Waals surface area contributed by atoms with Gasteiger partial charge in [-0.2, -0.15) is 13.2 Å². The summed E-state index contributed by atoms with van der Waals surface area (Å²) in [5.74, 6) is -0.318. The number of ether oxygens (including phenoxy) is 1. The largest absolute Gasteiger partial charge is 0.484 e. The summed E-state index contributed by atoms with van der Waals surface area (Å²) in [6.07, 6.45) is -1.37. The highest BCUT2D eigenvalue weighted by atomic mass is 19.4. The summed E-state index contributed by atoms with van der Waals surface area (Å²) >= 11 is 0. The van der Waals surface area contributed by atoms with Crippen LogP contribution in [-0.2, 0) is 11.3 Å². The van der Waals surface area contributed by atoms with E-state index in [0.717, 1.165) is 37.9 Å². The Kier molecular flexibility index (Phi) is 6.48. The SMILES string of the molecule is O=C(O)C[C@@H]1CCCN(Cc2ccc(OCC(F)(F)F)cc2)CC1. The van der Waals surface area contributed by atoms with Crippen LogP contribution in [-0.4, -0.2) is 41.8 Å². The molecule has 1 heterocycles. The molecule has 0 aliphatic carbocycles. The van der Waals surface area contributed by atoms with Crippen LogP contribution in [0.15, 0.2) is 24.3 Å². The lowest BCUT2D eigenvalue weighted by Crippen LogP contribution is -2.24. The molecule has 0 unspecified atom stereocenters. The van der Waals surface area contributed by atoms with Crippen molar-refractivity contribution in [1.82, 2.24) is 4.90 Å². The maximum atomic E-state index is 12.1. The molecule has 1 N–H and O–H groups in total. The standard InChI is InChI=1S/C17H22F3NO3/c18-17(19,20)12-24-15-5-3-14(4-6-15)11-21-8-1-2-13(7-9-21)10-16(22)23/h3-6,13H,1-2,7-12H2,(H,22,23)/t13-/m1/s1. The normalized spacial score (nSPS) is 19.7. The molecule has 24 heavy (non-hydrogen) atoms. The van der Waals surface area contributed by atoms with Gasteiger partial charge in [0.05, 0.1) is 0 Å². The fourth-order valence-corrected chi connectivity index (χ4v) is 2.95. The molecule has 0 bridgehead atoms. The second-order valence-corrected chi connectivity index (χ2v) is 6.22. The molecule has 1 atom stereocenters. The lowest BCUT2D eigenvalue weighted by atomic mass is 9.97. The van der Waals surface area contributed by atoms with E-state index in [-0.39, 0.29) is 18.1 Å². The number of nitrogens with zero attached hydrogens (tertiary/aromatic N) is 1. The molecule has 134 valence electrons.